The van der Waals surface area contributed by atoms with Crippen LogP contribution >= 0.6 is 11.9 Å². The van der Waals surface area contributed by atoms with Crippen LogP contribution in [0, 0.1) is 0 Å². The van der Waals surface area contributed by atoms with Gasteiger partial charge < -0.3 is 14.8 Å². The third kappa shape index (κ3) is 4.14. The maximum absolute atomic E-state index is 12.5. The molecule has 8 nitrogen and oxygen atoms in total. The van der Waals surface area contributed by atoms with Crippen LogP contribution in [0.2, 0.25) is 0 Å². The zero-order chi connectivity index (χ0) is 20.5. The van der Waals surface area contributed by atoms with Gasteiger partial charge in [0.05, 0.1) is 17.7 Å². The lowest BCUT2D eigenvalue weighted by molar-refractivity contribution is 0.0587. The van der Waals surface area contributed by atoms with Crippen LogP contribution in [0.3, 0.4) is 0 Å². The molecule has 0 saturated carbocycles. The summed E-state index contributed by atoms with van der Waals surface area (Å²) in [6.07, 6.45) is -0.573. The number of benzene rings is 1. The van der Waals surface area contributed by atoms with Crippen molar-refractivity contribution in [2.75, 3.05) is 28.7 Å². The summed E-state index contributed by atoms with van der Waals surface area (Å²) in [7, 11) is 3.03. The summed E-state index contributed by atoms with van der Waals surface area (Å²) < 4.78 is 12.2. The van der Waals surface area contributed by atoms with Crippen LogP contribution in [0.4, 0.5) is 26.9 Å². The quantitative estimate of drug-likeness (QED) is 0.760. The molecule has 3 rings (SSSR count). The molecular formula is C19H22N4O4S. The van der Waals surface area contributed by atoms with E-state index < -0.39 is 11.7 Å². The van der Waals surface area contributed by atoms with Gasteiger partial charge in [-0.2, -0.15) is 0 Å². The lowest BCUT2D eigenvalue weighted by Gasteiger charge is -2.28. The number of hydrogen-bond donors (Lipinski definition) is 1. The summed E-state index contributed by atoms with van der Waals surface area (Å²) in [4.78, 5) is 31.6. The molecule has 3 amide bonds. The molecule has 0 aliphatic carbocycles. The predicted molar refractivity (Wildman–Crippen MR) is 109 cm³/mol. The van der Waals surface area contributed by atoms with E-state index in [1.807, 2.05) is 24.3 Å². The van der Waals surface area contributed by atoms with E-state index in [0.29, 0.717) is 11.6 Å². The van der Waals surface area contributed by atoms with Gasteiger partial charge in [0, 0.05) is 19.0 Å². The van der Waals surface area contributed by atoms with Crippen molar-refractivity contribution in [2.24, 2.45) is 0 Å². The monoisotopic (exact) mass is 402 g/mol. The van der Waals surface area contributed by atoms with Gasteiger partial charge in [0.25, 0.3) is 0 Å². The van der Waals surface area contributed by atoms with Crippen molar-refractivity contribution in [3.63, 3.8) is 0 Å². The first-order valence-electron chi connectivity index (χ1n) is 8.59. The predicted octanol–water partition coefficient (Wildman–Crippen LogP) is 4.52. The number of hydrogen-bond acceptors (Lipinski definition) is 6. The number of rotatable bonds is 3. The van der Waals surface area contributed by atoms with E-state index in [9.17, 15) is 9.59 Å². The lowest BCUT2D eigenvalue weighted by Crippen LogP contribution is -2.36. The second kappa shape index (κ2) is 7.59. The van der Waals surface area contributed by atoms with Gasteiger partial charge in [0.2, 0.25) is 0 Å². The molecule has 0 unspecified atom stereocenters. The molecule has 1 aromatic heterocycles. The van der Waals surface area contributed by atoms with Crippen LogP contribution in [-0.4, -0.2) is 36.9 Å². The van der Waals surface area contributed by atoms with Gasteiger partial charge in [-0.1, -0.05) is 12.1 Å². The molecule has 1 aromatic carbocycles. The maximum Gasteiger partial charge on any atom is 0.415 e. The number of fused-ring (bicyclic) bond motifs is 1. The van der Waals surface area contributed by atoms with Gasteiger partial charge in [0.15, 0.2) is 11.6 Å². The molecule has 0 spiro atoms. The number of aromatic nitrogens is 1. The second-order valence-corrected chi connectivity index (χ2v) is 8.03. The van der Waals surface area contributed by atoms with Crippen LogP contribution in [0.25, 0.3) is 0 Å². The Morgan fingerprint density at radius 1 is 1.21 bits per heavy atom. The molecule has 1 aliphatic rings. The Kier molecular flexibility index (Phi) is 5.37. The van der Waals surface area contributed by atoms with Crippen molar-refractivity contribution in [3.8, 4) is 5.75 Å². The highest BCUT2D eigenvalue weighted by Gasteiger charge is 2.29. The summed E-state index contributed by atoms with van der Waals surface area (Å²) in [6, 6.07) is 10.5. The van der Waals surface area contributed by atoms with Crippen LogP contribution in [-0.2, 0) is 4.74 Å². The van der Waals surface area contributed by atoms with E-state index in [0.717, 1.165) is 10.6 Å². The molecule has 0 atom stereocenters. The Morgan fingerprint density at radius 3 is 2.61 bits per heavy atom. The van der Waals surface area contributed by atoms with Crippen molar-refractivity contribution in [2.45, 2.75) is 31.3 Å². The fraction of sp³-hybridized carbons (Fsp3) is 0.316. The minimum Gasteiger partial charge on any atom is -0.493 e. The number of methoxy groups -OCH3 is 1. The fourth-order valence-corrected chi connectivity index (χ4v) is 3.34. The Morgan fingerprint density at radius 2 is 1.93 bits per heavy atom. The maximum atomic E-state index is 12.5. The van der Waals surface area contributed by atoms with Crippen molar-refractivity contribution in [1.29, 1.82) is 0 Å². The van der Waals surface area contributed by atoms with Crippen LogP contribution in [0.15, 0.2) is 41.3 Å². The van der Waals surface area contributed by atoms with Crippen molar-refractivity contribution in [1.82, 2.24) is 4.98 Å². The number of ether oxygens (including phenoxy) is 2. The number of anilines is 3. The molecule has 0 bridgehead atoms. The van der Waals surface area contributed by atoms with Crippen molar-refractivity contribution < 1.29 is 19.1 Å². The molecule has 2 aromatic rings. The number of amides is 3. The number of nitrogens with zero attached hydrogens (tertiary/aromatic N) is 3. The van der Waals surface area contributed by atoms with Gasteiger partial charge in [-0.25, -0.2) is 18.9 Å². The third-order valence-corrected chi connectivity index (χ3v) is 4.83. The molecule has 2 heterocycles. The van der Waals surface area contributed by atoms with Crippen LogP contribution < -0.4 is 19.3 Å². The number of para-hydroxylation sites is 1. The van der Waals surface area contributed by atoms with E-state index in [1.54, 1.807) is 40.0 Å². The molecule has 0 radical (unpaired) electrons. The van der Waals surface area contributed by atoms with Gasteiger partial charge >= 0.3 is 12.1 Å². The Balaban J connectivity index is 1.93. The molecule has 0 saturated heterocycles. The van der Waals surface area contributed by atoms with E-state index in [1.165, 1.54) is 28.3 Å². The molecule has 28 heavy (non-hydrogen) atoms. The minimum atomic E-state index is -0.650. The average molecular weight is 402 g/mol. The van der Waals surface area contributed by atoms with Crippen LogP contribution in [0.1, 0.15) is 20.8 Å². The number of nitrogens with one attached hydrogen (secondary N) is 1. The van der Waals surface area contributed by atoms with E-state index in [-0.39, 0.29) is 11.8 Å². The summed E-state index contributed by atoms with van der Waals surface area (Å²) in [5.74, 6) is 1.00. The number of carbonyl (C=O) groups is 2. The summed E-state index contributed by atoms with van der Waals surface area (Å²) in [5, 5.41) is 2.83. The minimum absolute atomic E-state index is 0.251. The van der Waals surface area contributed by atoms with Crippen molar-refractivity contribution in [3.05, 3.63) is 36.4 Å². The normalized spacial score (nSPS) is 13.5. The van der Waals surface area contributed by atoms with Crippen molar-refractivity contribution >= 4 is 41.4 Å². The Bertz CT molecular complexity index is 913. The summed E-state index contributed by atoms with van der Waals surface area (Å²) in [5.41, 5.74) is 0.0936. The first-order chi connectivity index (χ1) is 13.2. The number of pyridine rings is 1. The second-order valence-electron chi connectivity index (χ2n) is 7.05. The highest BCUT2D eigenvalue weighted by atomic mass is 32.2. The number of urea groups is 1. The van der Waals surface area contributed by atoms with Gasteiger partial charge in [-0.3, -0.25) is 4.90 Å². The summed E-state index contributed by atoms with van der Waals surface area (Å²) in [6.45, 7) is 5.35. The van der Waals surface area contributed by atoms with Crippen LogP contribution in [0.5, 0.6) is 5.75 Å². The molecule has 1 aliphatic heterocycles. The molecule has 9 heteroatoms. The molecule has 0 fully saturated rings. The molecule has 1 N–H and O–H groups in total. The van der Waals surface area contributed by atoms with Gasteiger partial charge in [0.1, 0.15) is 11.4 Å². The zero-order valence-corrected chi connectivity index (χ0v) is 17.2. The Hall–Kier alpha value is -2.94. The lowest BCUT2D eigenvalue weighted by atomic mass is 10.2. The Labute approximate surface area is 168 Å². The van der Waals surface area contributed by atoms with E-state index in [2.05, 4.69) is 10.3 Å². The zero-order valence-electron chi connectivity index (χ0n) is 16.3. The van der Waals surface area contributed by atoms with E-state index >= 15 is 0 Å². The highest BCUT2D eigenvalue weighted by molar-refractivity contribution is 8.01. The number of carbonyl (C=O) groups excluding carboxylic acids is 2. The first kappa shape index (κ1) is 19.8. The standard InChI is InChI=1S/C19H22N4O4S/c1-19(2,3)27-18(25)22(4)16-13(26-5)10-11-15(21-16)23-17(24)20-12-8-6-7-9-14(12)28-23/h6-11H,1-5H3,(H,20,24). The average Bonchev–Trinajstić information content (AvgIpc) is 2.65. The van der Waals surface area contributed by atoms with Gasteiger partial charge in [-0.15, -0.1) is 0 Å². The molecular weight excluding hydrogens is 380 g/mol. The van der Waals surface area contributed by atoms with E-state index in [4.69, 9.17) is 9.47 Å². The summed E-state index contributed by atoms with van der Waals surface area (Å²) >= 11 is 1.25. The van der Waals surface area contributed by atoms with Gasteiger partial charge in [-0.05, 0) is 45.0 Å². The first-order valence-corrected chi connectivity index (χ1v) is 9.37. The molecule has 148 valence electrons. The highest BCUT2D eigenvalue weighted by Crippen LogP contribution is 2.39. The largest absolute Gasteiger partial charge is 0.493 e. The topological polar surface area (TPSA) is 84.0 Å². The third-order valence-electron chi connectivity index (χ3n) is 3.74. The fourth-order valence-electron chi connectivity index (χ4n) is 2.46. The SMILES string of the molecule is COc1ccc(N2Sc3ccccc3NC2=O)nc1N(C)C(=O)OC(C)(C)C. The smallest absolute Gasteiger partial charge is 0.415 e.